The van der Waals surface area contributed by atoms with Gasteiger partial charge in [-0.15, -0.1) is 0 Å². The highest BCUT2D eigenvalue weighted by atomic mass is 35.5. The minimum absolute atomic E-state index is 0.0145. The quantitative estimate of drug-likeness (QED) is 0.415. The Morgan fingerprint density at radius 3 is 2.31 bits per heavy atom. The van der Waals surface area contributed by atoms with Gasteiger partial charge < -0.3 is 10.4 Å². The standard InChI is InChI=1S/C26H27ClN2O5S/c1-18-9-12-22(13-10-18)35(33,34)29(24-8-4-7-23(27)19(24)2)17-25(30)28-16-21-6-3-5-20(15-21)11-14-26(31)32/h3-10,12-13,15H,11,14,16-17H2,1-2H3,(H,28,30)(H,31,32). The number of aryl methyl sites for hydroxylation is 2. The first-order valence-electron chi connectivity index (χ1n) is 11.0. The van der Waals surface area contributed by atoms with Gasteiger partial charge in [0, 0.05) is 18.0 Å². The van der Waals surface area contributed by atoms with E-state index in [0.29, 0.717) is 22.7 Å². The molecule has 0 radical (unpaired) electrons. The number of carboxylic acid groups (broad SMARTS) is 1. The Balaban J connectivity index is 1.82. The topological polar surface area (TPSA) is 104 Å². The highest BCUT2D eigenvalue weighted by Gasteiger charge is 2.28. The van der Waals surface area contributed by atoms with Crippen LogP contribution in [0.3, 0.4) is 0 Å². The molecule has 0 bridgehead atoms. The summed E-state index contributed by atoms with van der Waals surface area (Å²) in [5, 5.41) is 12.0. The Morgan fingerprint density at radius 1 is 0.971 bits per heavy atom. The predicted octanol–water partition coefficient (Wildman–Crippen LogP) is 4.49. The van der Waals surface area contributed by atoms with Crippen molar-refractivity contribution in [3.8, 4) is 0 Å². The summed E-state index contributed by atoms with van der Waals surface area (Å²) in [6.07, 6.45) is 0.397. The zero-order valence-electron chi connectivity index (χ0n) is 19.5. The average Bonchev–Trinajstić information content (AvgIpc) is 2.82. The van der Waals surface area contributed by atoms with Crippen molar-refractivity contribution in [1.82, 2.24) is 5.32 Å². The molecular weight excluding hydrogens is 488 g/mol. The number of amides is 1. The van der Waals surface area contributed by atoms with Crippen molar-refractivity contribution in [3.05, 3.63) is 94.0 Å². The van der Waals surface area contributed by atoms with Gasteiger partial charge in [-0.2, -0.15) is 0 Å². The van der Waals surface area contributed by atoms with Gasteiger partial charge in [-0.25, -0.2) is 8.42 Å². The van der Waals surface area contributed by atoms with E-state index in [2.05, 4.69) is 5.32 Å². The molecule has 3 rings (SSSR count). The molecule has 2 N–H and O–H groups in total. The SMILES string of the molecule is Cc1ccc(S(=O)(=O)N(CC(=O)NCc2cccc(CCC(=O)O)c2)c2cccc(Cl)c2C)cc1. The summed E-state index contributed by atoms with van der Waals surface area (Å²) in [5.41, 5.74) is 3.41. The fourth-order valence-electron chi connectivity index (χ4n) is 3.54. The third kappa shape index (κ3) is 6.83. The number of halogens is 1. The van der Waals surface area contributed by atoms with Gasteiger partial charge in [-0.05, 0) is 61.2 Å². The minimum Gasteiger partial charge on any atom is -0.481 e. The molecule has 184 valence electrons. The number of carboxylic acids is 1. The van der Waals surface area contributed by atoms with Crippen LogP contribution in [0.25, 0.3) is 0 Å². The number of nitrogens with zero attached hydrogens (tertiary/aromatic N) is 1. The summed E-state index contributed by atoms with van der Waals surface area (Å²) in [5.74, 6) is -1.37. The number of hydrogen-bond donors (Lipinski definition) is 2. The number of nitrogens with one attached hydrogen (secondary N) is 1. The fraction of sp³-hybridized carbons (Fsp3) is 0.231. The van der Waals surface area contributed by atoms with Crippen molar-refractivity contribution in [2.24, 2.45) is 0 Å². The molecule has 3 aromatic carbocycles. The van der Waals surface area contributed by atoms with Crippen LogP contribution in [0, 0.1) is 13.8 Å². The predicted molar refractivity (Wildman–Crippen MR) is 136 cm³/mol. The van der Waals surface area contributed by atoms with E-state index in [1.807, 2.05) is 25.1 Å². The van der Waals surface area contributed by atoms with Crippen molar-refractivity contribution < 1.29 is 23.1 Å². The van der Waals surface area contributed by atoms with E-state index in [9.17, 15) is 18.0 Å². The zero-order valence-corrected chi connectivity index (χ0v) is 21.1. The van der Waals surface area contributed by atoms with Crippen molar-refractivity contribution in [3.63, 3.8) is 0 Å². The average molecular weight is 515 g/mol. The van der Waals surface area contributed by atoms with Crippen molar-refractivity contribution in [2.45, 2.75) is 38.1 Å². The van der Waals surface area contributed by atoms with Crippen LogP contribution in [0.1, 0.15) is 28.7 Å². The molecule has 7 nitrogen and oxygen atoms in total. The number of aliphatic carboxylic acids is 1. The second-order valence-electron chi connectivity index (χ2n) is 8.20. The number of anilines is 1. The fourth-order valence-corrected chi connectivity index (χ4v) is 5.18. The van der Waals surface area contributed by atoms with Gasteiger partial charge in [0.05, 0.1) is 10.6 Å². The maximum atomic E-state index is 13.5. The smallest absolute Gasteiger partial charge is 0.303 e. The number of carbonyl (C=O) groups excluding carboxylic acids is 1. The Bertz CT molecular complexity index is 1320. The van der Waals surface area contributed by atoms with Crippen LogP contribution in [-0.2, 0) is 32.6 Å². The lowest BCUT2D eigenvalue weighted by molar-refractivity contribution is -0.137. The number of carbonyl (C=O) groups is 2. The van der Waals surface area contributed by atoms with Gasteiger partial charge in [-0.3, -0.25) is 13.9 Å². The second-order valence-corrected chi connectivity index (χ2v) is 10.5. The first kappa shape index (κ1) is 26.2. The Hall–Kier alpha value is -3.36. The van der Waals surface area contributed by atoms with Gasteiger partial charge in [-0.1, -0.05) is 59.6 Å². The van der Waals surface area contributed by atoms with E-state index < -0.39 is 28.4 Å². The highest BCUT2D eigenvalue weighted by Crippen LogP contribution is 2.30. The van der Waals surface area contributed by atoms with E-state index in [1.54, 1.807) is 43.3 Å². The van der Waals surface area contributed by atoms with Crippen LogP contribution in [-0.4, -0.2) is 31.9 Å². The van der Waals surface area contributed by atoms with E-state index in [0.717, 1.165) is 21.0 Å². The molecule has 0 spiro atoms. The Morgan fingerprint density at radius 2 is 1.63 bits per heavy atom. The summed E-state index contributed by atoms with van der Waals surface area (Å²) in [6, 6.07) is 18.6. The molecule has 35 heavy (non-hydrogen) atoms. The maximum Gasteiger partial charge on any atom is 0.303 e. The minimum atomic E-state index is -4.05. The number of hydrogen-bond acceptors (Lipinski definition) is 4. The first-order valence-corrected chi connectivity index (χ1v) is 12.8. The van der Waals surface area contributed by atoms with Crippen molar-refractivity contribution >= 4 is 39.2 Å². The van der Waals surface area contributed by atoms with Crippen molar-refractivity contribution in [1.29, 1.82) is 0 Å². The van der Waals surface area contributed by atoms with Crippen LogP contribution in [0.15, 0.2) is 71.6 Å². The third-order valence-corrected chi connectivity index (χ3v) is 7.70. The summed E-state index contributed by atoms with van der Waals surface area (Å²) >= 11 is 6.25. The monoisotopic (exact) mass is 514 g/mol. The lowest BCUT2D eigenvalue weighted by Crippen LogP contribution is -2.41. The molecule has 1 amide bonds. The van der Waals surface area contributed by atoms with Gasteiger partial charge in [0.25, 0.3) is 10.0 Å². The second kappa shape index (κ2) is 11.4. The Kier molecular flexibility index (Phi) is 8.53. The lowest BCUT2D eigenvalue weighted by Gasteiger charge is -2.26. The first-order chi connectivity index (χ1) is 16.6. The largest absolute Gasteiger partial charge is 0.481 e. The molecule has 0 aromatic heterocycles. The molecule has 0 aliphatic rings. The molecule has 0 aliphatic carbocycles. The molecular formula is C26H27ClN2O5S. The van der Waals surface area contributed by atoms with Gasteiger partial charge in [0.15, 0.2) is 0 Å². The summed E-state index contributed by atoms with van der Waals surface area (Å²) in [6.45, 7) is 3.30. The van der Waals surface area contributed by atoms with E-state index >= 15 is 0 Å². The number of benzene rings is 3. The molecule has 0 atom stereocenters. The molecule has 9 heteroatoms. The van der Waals surface area contributed by atoms with Crippen molar-refractivity contribution in [2.75, 3.05) is 10.8 Å². The van der Waals surface area contributed by atoms with Crippen LogP contribution < -0.4 is 9.62 Å². The molecule has 0 saturated carbocycles. The molecule has 0 aliphatic heterocycles. The maximum absolute atomic E-state index is 13.5. The van der Waals surface area contributed by atoms with Crippen LogP contribution in [0.2, 0.25) is 5.02 Å². The summed E-state index contributed by atoms with van der Waals surface area (Å²) < 4.78 is 28.2. The van der Waals surface area contributed by atoms with Crippen LogP contribution in [0.5, 0.6) is 0 Å². The molecule has 0 fully saturated rings. The number of rotatable bonds is 10. The van der Waals surface area contributed by atoms with Gasteiger partial charge in [0.2, 0.25) is 5.91 Å². The molecule has 0 unspecified atom stereocenters. The van der Waals surface area contributed by atoms with Gasteiger partial charge in [0.1, 0.15) is 6.54 Å². The van der Waals surface area contributed by atoms with Crippen LogP contribution >= 0.6 is 11.6 Å². The van der Waals surface area contributed by atoms with Crippen LogP contribution in [0.4, 0.5) is 5.69 Å². The summed E-state index contributed by atoms with van der Waals surface area (Å²) in [7, 11) is -4.05. The van der Waals surface area contributed by atoms with E-state index in [4.69, 9.17) is 16.7 Å². The molecule has 0 saturated heterocycles. The van der Waals surface area contributed by atoms with E-state index in [-0.39, 0.29) is 17.9 Å². The zero-order chi connectivity index (χ0) is 25.6. The Labute approximate surface area is 210 Å². The number of sulfonamides is 1. The lowest BCUT2D eigenvalue weighted by atomic mass is 10.1. The normalized spacial score (nSPS) is 11.2. The summed E-state index contributed by atoms with van der Waals surface area (Å²) in [4.78, 5) is 23.8. The highest BCUT2D eigenvalue weighted by molar-refractivity contribution is 7.92. The third-order valence-electron chi connectivity index (χ3n) is 5.51. The van der Waals surface area contributed by atoms with Gasteiger partial charge >= 0.3 is 5.97 Å². The molecule has 3 aromatic rings. The van der Waals surface area contributed by atoms with E-state index in [1.165, 1.54) is 12.1 Å². The molecule has 0 heterocycles.